The van der Waals surface area contributed by atoms with Crippen LogP contribution in [0, 0.1) is 29.6 Å². The minimum absolute atomic E-state index is 0.00402. The Bertz CT molecular complexity index is 1110. The van der Waals surface area contributed by atoms with Gasteiger partial charge in [0, 0.05) is 23.5 Å². The van der Waals surface area contributed by atoms with Gasteiger partial charge in [0.2, 0.25) is 11.8 Å². The summed E-state index contributed by atoms with van der Waals surface area (Å²) in [5.41, 5.74) is 2.29. The number of fused-ring (bicyclic) bond motifs is 8. The van der Waals surface area contributed by atoms with Crippen LogP contribution in [0.25, 0.3) is 0 Å². The second-order valence-corrected chi connectivity index (χ2v) is 8.60. The van der Waals surface area contributed by atoms with Crippen molar-refractivity contribution in [2.75, 3.05) is 19.1 Å². The fourth-order valence-electron chi connectivity index (χ4n) is 6.19. The van der Waals surface area contributed by atoms with Crippen LogP contribution >= 0.6 is 0 Å². The minimum Gasteiger partial charge on any atom is -0.497 e. The molecular formula is C24H22N2O5. The number of rotatable bonds is 4. The van der Waals surface area contributed by atoms with Crippen molar-refractivity contribution in [3.8, 4) is 11.5 Å². The third-order valence-corrected chi connectivity index (χ3v) is 7.39. The highest BCUT2D eigenvalue weighted by Gasteiger charge is 2.70. The Morgan fingerprint density at radius 2 is 1.68 bits per heavy atom. The van der Waals surface area contributed by atoms with Gasteiger partial charge in [0.25, 0.3) is 0 Å². The van der Waals surface area contributed by atoms with Crippen molar-refractivity contribution < 1.29 is 23.9 Å². The lowest BCUT2D eigenvalue weighted by atomic mass is 9.71. The van der Waals surface area contributed by atoms with E-state index in [1.54, 1.807) is 14.2 Å². The van der Waals surface area contributed by atoms with Gasteiger partial charge in [-0.1, -0.05) is 23.4 Å². The minimum atomic E-state index is -0.328. The molecule has 6 rings (SSSR count). The smallest absolute Gasteiger partial charge is 0.238 e. The fraction of sp³-hybridized carbons (Fsp3) is 0.375. The van der Waals surface area contributed by atoms with Gasteiger partial charge in [-0.25, -0.2) is 0 Å². The molecule has 2 aliphatic carbocycles. The number of oxime groups is 1. The summed E-state index contributed by atoms with van der Waals surface area (Å²) in [6, 6.07) is 14.8. The van der Waals surface area contributed by atoms with E-state index >= 15 is 0 Å². The van der Waals surface area contributed by atoms with E-state index in [9.17, 15) is 9.59 Å². The van der Waals surface area contributed by atoms with Gasteiger partial charge in [0.1, 0.15) is 17.6 Å². The number of hydrogen-bond donors (Lipinski definition) is 0. The van der Waals surface area contributed by atoms with Crippen LogP contribution < -0.4 is 14.4 Å². The average Bonchev–Trinajstić information content (AvgIpc) is 3.54. The van der Waals surface area contributed by atoms with E-state index in [1.807, 2.05) is 48.5 Å². The molecule has 3 fully saturated rings. The summed E-state index contributed by atoms with van der Waals surface area (Å²) in [5, 5.41) is 4.41. The Morgan fingerprint density at radius 1 is 0.935 bits per heavy atom. The van der Waals surface area contributed by atoms with E-state index in [1.165, 1.54) is 4.90 Å². The molecule has 7 heteroatoms. The van der Waals surface area contributed by atoms with Crippen LogP contribution in [0.5, 0.6) is 11.5 Å². The number of carbonyl (C=O) groups excluding carboxylic acids is 2. The van der Waals surface area contributed by atoms with Crippen LogP contribution in [-0.2, 0) is 14.4 Å². The number of methoxy groups -OCH3 is 2. The number of amides is 2. The van der Waals surface area contributed by atoms with Gasteiger partial charge in [-0.3, -0.25) is 14.5 Å². The monoisotopic (exact) mass is 418 g/mol. The van der Waals surface area contributed by atoms with Gasteiger partial charge >= 0.3 is 0 Å². The van der Waals surface area contributed by atoms with Gasteiger partial charge in [-0.05, 0) is 36.6 Å². The average molecular weight is 418 g/mol. The zero-order valence-corrected chi connectivity index (χ0v) is 17.2. The Morgan fingerprint density at radius 3 is 2.39 bits per heavy atom. The van der Waals surface area contributed by atoms with E-state index in [0.717, 1.165) is 17.7 Å². The van der Waals surface area contributed by atoms with Crippen LogP contribution in [0.3, 0.4) is 0 Å². The van der Waals surface area contributed by atoms with Crippen LogP contribution in [0.15, 0.2) is 53.7 Å². The van der Waals surface area contributed by atoms with Gasteiger partial charge in [-0.2, -0.15) is 0 Å². The first-order valence-corrected chi connectivity index (χ1v) is 10.5. The van der Waals surface area contributed by atoms with Crippen molar-refractivity contribution in [3.63, 3.8) is 0 Å². The van der Waals surface area contributed by atoms with E-state index in [-0.39, 0.29) is 47.5 Å². The van der Waals surface area contributed by atoms with E-state index in [2.05, 4.69) is 5.16 Å². The first kappa shape index (κ1) is 18.4. The summed E-state index contributed by atoms with van der Waals surface area (Å²) in [5.74, 6) is 0.490. The van der Waals surface area contributed by atoms with Crippen molar-refractivity contribution in [1.82, 2.24) is 0 Å². The summed E-state index contributed by atoms with van der Waals surface area (Å²) < 4.78 is 10.9. The molecule has 0 unspecified atom stereocenters. The first-order chi connectivity index (χ1) is 15.1. The molecule has 4 aliphatic rings. The first-order valence-electron chi connectivity index (χ1n) is 10.5. The third-order valence-electron chi connectivity index (χ3n) is 7.39. The fourth-order valence-corrected chi connectivity index (χ4v) is 6.19. The van der Waals surface area contributed by atoms with E-state index in [0.29, 0.717) is 17.2 Å². The molecule has 2 heterocycles. The highest BCUT2D eigenvalue weighted by Crippen LogP contribution is 2.62. The van der Waals surface area contributed by atoms with Crippen LogP contribution in [-0.4, -0.2) is 37.8 Å². The number of ether oxygens (including phenoxy) is 2. The van der Waals surface area contributed by atoms with E-state index < -0.39 is 0 Å². The van der Waals surface area contributed by atoms with Crippen molar-refractivity contribution in [2.24, 2.45) is 34.7 Å². The molecule has 2 bridgehead atoms. The zero-order chi connectivity index (χ0) is 21.3. The van der Waals surface area contributed by atoms with E-state index in [4.69, 9.17) is 14.3 Å². The number of para-hydroxylation sites is 1. The molecule has 158 valence electrons. The molecule has 2 aromatic rings. The second-order valence-electron chi connectivity index (χ2n) is 8.60. The van der Waals surface area contributed by atoms with Crippen LogP contribution in [0.4, 0.5) is 5.69 Å². The zero-order valence-electron chi connectivity index (χ0n) is 17.2. The molecule has 7 nitrogen and oxygen atoms in total. The van der Waals surface area contributed by atoms with Gasteiger partial charge in [0.15, 0.2) is 0 Å². The van der Waals surface area contributed by atoms with Crippen LogP contribution in [0.2, 0.25) is 0 Å². The summed E-state index contributed by atoms with van der Waals surface area (Å²) in [4.78, 5) is 33.9. The SMILES string of the molecule is COc1ccc(C2=NO[C@H]3[C@@H]4C[C@@H]([C@@H]23)[C@H]2C(=O)N(c3ccccc3)C(=O)[C@H]42)c(OC)c1. The maximum atomic E-state index is 13.4. The lowest BCUT2D eigenvalue weighted by Gasteiger charge is -2.30. The third kappa shape index (κ3) is 2.37. The maximum Gasteiger partial charge on any atom is 0.238 e. The van der Waals surface area contributed by atoms with Crippen LogP contribution in [0.1, 0.15) is 12.0 Å². The topological polar surface area (TPSA) is 77.4 Å². The summed E-state index contributed by atoms with van der Waals surface area (Å²) in [6.07, 6.45) is 0.628. The summed E-state index contributed by atoms with van der Waals surface area (Å²) in [7, 11) is 3.22. The molecule has 2 amide bonds. The summed E-state index contributed by atoms with van der Waals surface area (Å²) in [6.45, 7) is 0. The number of hydrogen-bond acceptors (Lipinski definition) is 6. The molecule has 2 saturated carbocycles. The maximum absolute atomic E-state index is 13.4. The number of benzene rings is 2. The van der Waals surface area contributed by atoms with Crippen molar-refractivity contribution >= 4 is 23.2 Å². The standard InChI is InChI=1S/C24H22N2O5/c1-29-13-8-9-14(17(10-13)30-2)21-20-15-11-16(22(20)31-25-21)19-18(15)23(27)26(24(19)28)12-6-4-3-5-7-12/h3-10,15-16,18-20,22H,11H2,1-2H3/t15-,16-,18-,19-,20+,22+/m1/s1. The van der Waals surface area contributed by atoms with Crippen molar-refractivity contribution in [2.45, 2.75) is 12.5 Å². The molecule has 1 saturated heterocycles. The Balaban J connectivity index is 1.36. The van der Waals surface area contributed by atoms with Gasteiger partial charge in [0.05, 0.1) is 37.5 Å². The molecule has 0 N–H and O–H groups in total. The largest absolute Gasteiger partial charge is 0.497 e. The Hall–Kier alpha value is -3.35. The molecule has 0 aromatic heterocycles. The predicted molar refractivity (Wildman–Crippen MR) is 112 cm³/mol. The van der Waals surface area contributed by atoms with Crippen molar-refractivity contribution in [3.05, 3.63) is 54.1 Å². The highest BCUT2D eigenvalue weighted by atomic mass is 16.6. The molecule has 0 spiro atoms. The number of carbonyl (C=O) groups is 2. The number of nitrogens with zero attached hydrogens (tertiary/aromatic N) is 2. The molecule has 6 atom stereocenters. The highest BCUT2D eigenvalue weighted by molar-refractivity contribution is 6.23. The molecular weight excluding hydrogens is 396 g/mol. The molecule has 2 aliphatic heterocycles. The Labute approximate surface area is 179 Å². The Kier molecular flexibility index (Phi) is 3.91. The van der Waals surface area contributed by atoms with Crippen molar-refractivity contribution in [1.29, 1.82) is 0 Å². The molecule has 2 aromatic carbocycles. The van der Waals surface area contributed by atoms with Gasteiger partial charge < -0.3 is 14.3 Å². The summed E-state index contributed by atoms with van der Waals surface area (Å²) >= 11 is 0. The quantitative estimate of drug-likeness (QED) is 0.714. The predicted octanol–water partition coefficient (Wildman–Crippen LogP) is 2.88. The molecule has 31 heavy (non-hydrogen) atoms. The number of imide groups is 1. The second kappa shape index (κ2) is 6.57. The lowest BCUT2D eigenvalue weighted by molar-refractivity contribution is -0.125. The molecule has 0 radical (unpaired) electrons. The normalized spacial score (nSPS) is 32.6. The van der Waals surface area contributed by atoms with Gasteiger partial charge in [-0.15, -0.1) is 0 Å². The number of anilines is 1. The lowest BCUT2D eigenvalue weighted by Crippen LogP contribution is -2.41.